The van der Waals surface area contributed by atoms with Crippen LogP contribution in [0.4, 0.5) is 0 Å². The third kappa shape index (κ3) is 2.46. The molecule has 0 N–H and O–H groups in total. The van der Waals surface area contributed by atoms with E-state index in [0.29, 0.717) is 0 Å². The lowest BCUT2D eigenvalue weighted by molar-refractivity contribution is 0.415. The van der Waals surface area contributed by atoms with Crippen LogP contribution in [0.2, 0.25) is 0 Å². The fourth-order valence-corrected chi connectivity index (χ4v) is 2.40. The summed E-state index contributed by atoms with van der Waals surface area (Å²) in [4.78, 5) is 0. The van der Waals surface area contributed by atoms with E-state index in [2.05, 4.69) is 19.1 Å². The fourth-order valence-electron chi connectivity index (χ4n) is 2.40. The molecule has 0 atom stereocenters. The molecule has 0 heterocycles. The molecule has 0 radical (unpaired) electrons. The summed E-state index contributed by atoms with van der Waals surface area (Å²) < 4.78 is 5.18. The maximum Gasteiger partial charge on any atom is 0.118 e. The Morgan fingerprint density at radius 1 is 1.00 bits per heavy atom. The Morgan fingerprint density at radius 2 is 1.62 bits per heavy atom. The first-order valence-corrected chi connectivity index (χ1v) is 6.14. The van der Waals surface area contributed by atoms with Crippen molar-refractivity contribution in [1.82, 2.24) is 0 Å². The van der Waals surface area contributed by atoms with Crippen LogP contribution in [0.5, 0.6) is 5.75 Å². The first kappa shape index (κ1) is 11.3. The summed E-state index contributed by atoms with van der Waals surface area (Å²) in [7, 11) is 1.71. The predicted molar refractivity (Wildman–Crippen MR) is 68.7 cm³/mol. The number of rotatable bonds is 2. The number of hydrogen-bond donors (Lipinski definition) is 0. The highest BCUT2D eigenvalue weighted by molar-refractivity contribution is 5.67. The highest BCUT2D eigenvalue weighted by Gasteiger charge is 2.09. The Hall–Kier alpha value is -1.24. The van der Waals surface area contributed by atoms with E-state index in [0.717, 1.165) is 5.75 Å². The van der Waals surface area contributed by atoms with Gasteiger partial charge in [0.15, 0.2) is 0 Å². The van der Waals surface area contributed by atoms with Crippen LogP contribution in [0.15, 0.2) is 29.8 Å². The Morgan fingerprint density at radius 3 is 2.19 bits per heavy atom. The van der Waals surface area contributed by atoms with Crippen LogP contribution in [0.1, 0.15) is 44.6 Å². The molecule has 0 aliphatic heterocycles. The molecule has 0 amide bonds. The Balaban J connectivity index is 2.21. The van der Waals surface area contributed by atoms with Crippen molar-refractivity contribution in [1.29, 1.82) is 0 Å². The van der Waals surface area contributed by atoms with Gasteiger partial charge >= 0.3 is 0 Å². The molecular formula is C15H20O. The average molecular weight is 216 g/mol. The van der Waals surface area contributed by atoms with Crippen molar-refractivity contribution in [2.24, 2.45) is 0 Å². The molecule has 16 heavy (non-hydrogen) atoms. The zero-order valence-corrected chi connectivity index (χ0v) is 10.3. The minimum atomic E-state index is 0.935. The van der Waals surface area contributed by atoms with Crippen LogP contribution in [0, 0.1) is 0 Å². The van der Waals surface area contributed by atoms with E-state index in [1.807, 2.05) is 12.1 Å². The lowest BCUT2D eigenvalue weighted by Crippen LogP contribution is -1.96. The summed E-state index contributed by atoms with van der Waals surface area (Å²) in [5, 5.41) is 0. The molecule has 1 nitrogen and oxygen atoms in total. The summed E-state index contributed by atoms with van der Waals surface area (Å²) in [6, 6.07) is 8.41. The predicted octanol–water partition coefficient (Wildman–Crippen LogP) is 4.43. The molecule has 1 aliphatic carbocycles. The molecule has 1 aliphatic rings. The normalized spacial score (nSPS) is 16.0. The summed E-state index contributed by atoms with van der Waals surface area (Å²) in [6.07, 6.45) is 6.71. The number of allylic oxidation sites excluding steroid dienone is 2. The van der Waals surface area contributed by atoms with E-state index < -0.39 is 0 Å². The fraction of sp³-hybridized carbons (Fsp3) is 0.467. The van der Waals surface area contributed by atoms with E-state index in [-0.39, 0.29) is 0 Å². The van der Waals surface area contributed by atoms with Crippen molar-refractivity contribution < 1.29 is 4.74 Å². The maximum absolute atomic E-state index is 5.18. The van der Waals surface area contributed by atoms with E-state index in [1.54, 1.807) is 12.7 Å². The van der Waals surface area contributed by atoms with Crippen LogP contribution in [0.3, 0.4) is 0 Å². The molecule has 1 fully saturated rings. The van der Waals surface area contributed by atoms with Crippen molar-refractivity contribution in [3.8, 4) is 5.75 Å². The molecule has 1 heteroatoms. The van der Waals surface area contributed by atoms with Gasteiger partial charge in [0.05, 0.1) is 7.11 Å². The van der Waals surface area contributed by atoms with Gasteiger partial charge in [-0.3, -0.25) is 0 Å². The molecular weight excluding hydrogens is 196 g/mol. The molecule has 1 saturated carbocycles. The summed E-state index contributed by atoms with van der Waals surface area (Å²) in [5.41, 5.74) is 4.47. The second-order valence-electron chi connectivity index (χ2n) is 4.52. The van der Waals surface area contributed by atoms with Gasteiger partial charge in [0, 0.05) is 0 Å². The Bertz CT molecular complexity index is 365. The Kier molecular flexibility index (Phi) is 3.66. The second-order valence-corrected chi connectivity index (χ2v) is 4.52. The van der Waals surface area contributed by atoms with Crippen molar-refractivity contribution in [2.45, 2.75) is 39.0 Å². The summed E-state index contributed by atoms with van der Waals surface area (Å²) >= 11 is 0. The van der Waals surface area contributed by atoms with Gasteiger partial charge in [0.2, 0.25) is 0 Å². The second kappa shape index (κ2) is 5.20. The largest absolute Gasteiger partial charge is 0.497 e. The molecule has 1 aromatic rings. The smallest absolute Gasteiger partial charge is 0.118 e. The van der Waals surface area contributed by atoms with Gasteiger partial charge in [-0.15, -0.1) is 0 Å². The molecule has 0 spiro atoms. The van der Waals surface area contributed by atoms with Gasteiger partial charge in [0.1, 0.15) is 5.75 Å². The third-order valence-electron chi connectivity index (χ3n) is 3.51. The van der Waals surface area contributed by atoms with Gasteiger partial charge in [0.25, 0.3) is 0 Å². The minimum absolute atomic E-state index is 0.935. The minimum Gasteiger partial charge on any atom is -0.497 e. The number of benzene rings is 1. The zero-order valence-electron chi connectivity index (χ0n) is 10.3. The third-order valence-corrected chi connectivity index (χ3v) is 3.51. The molecule has 86 valence electrons. The molecule has 1 aromatic carbocycles. The maximum atomic E-state index is 5.18. The standard InChI is InChI=1S/C15H20O/c1-12(13-6-4-3-5-7-13)14-8-10-15(16-2)11-9-14/h8-11H,3-7H2,1-2H3. The van der Waals surface area contributed by atoms with Gasteiger partial charge in [-0.2, -0.15) is 0 Å². The van der Waals surface area contributed by atoms with Crippen molar-refractivity contribution in [2.75, 3.05) is 7.11 Å². The van der Waals surface area contributed by atoms with E-state index >= 15 is 0 Å². The summed E-state index contributed by atoms with van der Waals surface area (Å²) in [5.74, 6) is 0.935. The molecule has 0 bridgehead atoms. The first-order valence-electron chi connectivity index (χ1n) is 6.14. The van der Waals surface area contributed by atoms with Crippen LogP contribution in [0.25, 0.3) is 5.57 Å². The highest BCUT2D eigenvalue weighted by Crippen LogP contribution is 2.30. The van der Waals surface area contributed by atoms with Gasteiger partial charge < -0.3 is 4.74 Å². The molecule has 0 aromatic heterocycles. The van der Waals surface area contributed by atoms with Crippen molar-refractivity contribution in [3.05, 3.63) is 35.4 Å². The van der Waals surface area contributed by atoms with E-state index in [1.165, 1.54) is 43.2 Å². The average Bonchev–Trinajstić information content (AvgIpc) is 2.39. The van der Waals surface area contributed by atoms with Crippen LogP contribution >= 0.6 is 0 Å². The van der Waals surface area contributed by atoms with E-state index in [4.69, 9.17) is 4.74 Å². The summed E-state index contributed by atoms with van der Waals surface area (Å²) in [6.45, 7) is 2.25. The topological polar surface area (TPSA) is 9.23 Å². The Labute approximate surface area is 98.1 Å². The van der Waals surface area contributed by atoms with Gasteiger partial charge in [-0.25, -0.2) is 0 Å². The van der Waals surface area contributed by atoms with Crippen LogP contribution < -0.4 is 4.74 Å². The lowest BCUT2D eigenvalue weighted by atomic mass is 9.89. The highest BCUT2D eigenvalue weighted by atomic mass is 16.5. The number of methoxy groups -OCH3 is 1. The first-order chi connectivity index (χ1) is 7.81. The monoisotopic (exact) mass is 216 g/mol. The van der Waals surface area contributed by atoms with Gasteiger partial charge in [-0.1, -0.05) is 24.1 Å². The molecule has 0 unspecified atom stereocenters. The van der Waals surface area contributed by atoms with Crippen LogP contribution in [-0.2, 0) is 0 Å². The lowest BCUT2D eigenvalue weighted by Gasteiger charge is -2.17. The van der Waals surface area contributed by atoms with E-state index in [9.17, 15) is 0 Å². The van der Waals surface area contributed by atoms with Crippen molar-refractivity contribution in [3.63, 3.8) is 0 Å². The van der Waals surface area contributed by atoms with Crippen LogP contribution in [-0.4, -0.2) is 7.11 Å². The SMILES string of the molecule is COc1ccc(C(C)=C2CCCCC2)cc1. The molecule has 2 rings (SSSR count). The quantitative estimate of drug-likeness (QED) is 0.710. The van der Waals surface area contributed by atoms with Crippen molar-refractivity contribution >= 4 is 5.57 Å². The zero-order chi connectivity index (χ0) is 11.4. The number of hydrogen-bond acceptors (Lipinski definition) is 1. The number of ether oxygens (including phenoxy) is 1. The molecule has 0 saturated heterocycles. The van der Waals surface area contributed by atoms with Gasteiger partial charge in [-0.05, 0) is 55.9 Å².